The Bertz CT molecular complexity index is 1340. The van der Waals surface area contributed by atoms with Gasteiger partial charge in [-0.1, -0.05) is 24.8 Å². The average molecular weight is 493 g/mol. The van der Waals surface area contributed by atoms with Crippen molar-refractivity contribution in [2.75, 3.05) is 37.4 Å². The van der Waals surface area contributed by atoms with Gasteiger partial charge in [-0.3, -0.25) is 4.79 Å². The summed E-state index contributed by atoms with van der Waals surface area (Å²) in [5, 5.41) is 5.79. The lowest BCUT2D eigenvalue weighted by atomic mass is 9.96. The molecule has 4 rings (SSSR count). The summed E-state index contributed by atoms with van der Waals surface area (Å²) < 4.78 is 29.6. The molecule has 0 saturated heterocycles. The van der Waals surface area contributed by atoms with Crippen molar-refractivity contribution in [2.24, 2.45) is 0 Å². The van der Waals surface area contributed by atoms with Crippen LogP contribution < -0.4 is 15.5 Å². The molecule has 0 radical (unpaired) electrons. The largest absolute Gasteiger partial charge is 0.353 e. The molecule has 2 aromatic carbocycles. The number of amides is 2. The van der Waals surface area contributed by atoms with E-state index in [2.05, 4.69) is 22.2 Å². The molecule has 186 valence electrons. The number of anilines is 3. The molecule has 2 heterocycles. The third-order valence-corrected chi connectivity index (χ3v) is 5.78. The van der Waals surface area contributed by atoms with Crippen LogP contribution in [0.15, 0.2) is 49.1 Å². The van der Waals surface area contributed by atoms with Crippen LogP contribution in [0.3, 0.4) is 0 Å². The first-order valence-electron chi connectivity index (χ1n) is 11.3. The van der Waals surface area contributed by atoms with Crippen LogP contribution in [0.5, 0.6) is 0 Å². The number of ketones is 1. The maximum absolute atomic E-state index is 14.8. The molecule has 1 aliphatic heterocycles. The van der Waals surface area contributed by atoms with Gasteiger partial charge in [0.2, 0.25) is 5.95 Å². The van der Waals surface area contributed by atoms with Crippen molar-refractivity contribution < 1.29 is 18.4 Å². The summed E-state index contributed by atoms with van der Waals surface area (Å²) in [7, 11) is 3.83. The van der Waals surface area contributed by atoms with Crippen molar-refractivity contribution in [2.45, 2.75) is 13.5 Å². The van der Waals surface area contributed by atoms with Crippen LogP contribution in [-0.2, 0) is 6.54 Å². The fourth-order valence-electron chi connectivity index (χ4n) is 3.91. The van der Waals surface area contributed by atoms with E-state index in [1.807, 2.05) is 25.9 Å². The average Bonchev–Trinajstić information content (AvgIpc) is 2.84. The summed E-state index contributed by atoms with van der Waals surface area (Å²) in [4.78, 5) is 37.3. The minimum absolute atomic E-state index is 0.0348. The van der Waals surface area contributed by atoms with Crippen LogP contribution in [0.25, 0.3) is 11.3 Å². The molecule has 0 bridgehead atoms. The first-order valence-corrected chi connectivity index (χ1v) is 11.3. The predicted octanol–water partition coefficient (Wildman–Crippen LogP) is 4.43. The van der Waals surface area contributed by atoms with E-state index in [4.69, 9.17) is 4.98 Å². The molecule has 36 heavy (non-hydrogen) atoms. The molecule has 0 aliphatic carbocycles. The van der Waals surface area contributed by atoms with E-state index in [-0.39, 0.29) is 24.1 Å². The topological polar surface area (TPSA) is 90.5 Å². The number of urea groups is 1. The monoisotopic (exact) mass is 492 g/mol. The number of hydrogen-bond acceptors (Lipinski definition) is 6. The quantitative estimate of drug-likeness (QED) is 0.357. The second kappa shape index (κ2) is 10.2. The Hall–Kier alpha value is -4.18. The number of hydrogen-bond donors (Lipinski definition) is 2. The van der Waals surface area contributed by atoms with E-state index in [0.717, 1.165) is 22.6 Å². The van der Waals surface area contributed by atoms with Gasteiger partial charge in [0.1, 0.15) is 17.3 Å². The van der Waals surface area contributed by atoms with Gasteiger partial charge in [-0.05, 0) is 50.9 Å². The Morgan fingerprint density at radius 1 is 1.22 bits per heavy atom. The number of benzene rings is 2. The van der Waals surface area contributed by atoms with Gasteiger partial charge in [0.05, 0.1) is 12.2 Å². The zero-order valence-corrected chi connectivity index (χ0v) is 20.2. The van der Waals surface area contributed by atoms with E-state index in [1.54, 1.807) is 18.2 Å². The lowest BCUT2D eigenvalue weighted by Crippen LogP contribution is -2.43. The van der Waals surface area contributed by atoms with Gasteiger partial charge in [0.25, 0.3) is 0 Å². The molecule has 0 fully saturated rings. The maximum Gasteiger partial charge on any atom is 0.328 e. The second-order valence-corrected chi connectivity index (χ2v) is 8.59. The highest BCUT2D eigenvalue weighted by Gasteiger charge is 2.34. The van der Waals surface area contributed by atoms with Crippen molar-refractivity contribution in [3.63, 3.8) is 0 Å². The van der Waals surface area contributed by atoms with Crippen molar-refractivity contribution in [1.29, 1.82) is 0 Å². The van der Waals surface area contributed by atoms with Crippen molar-refractivity contribution in [3.05, 3.63) is 77.4 Å². The number of fused-ring (bicyclic) bond motifs is 1. The molecule has 3 aromatic rings. The summed E-state index contributed by atoms with van der Waals surface area (Å²) in [6.07, 6.45) is 1.22. The molecule has 2 amide bonds. The van der Waals surface area contributed by atoms with Crippen molar-refractivity contribution in [3.8, 4) is 11.3 Å². The Balaban J connectivity index is 1.95. The Morgan fingerprint density at radius 2 is 1.94 bits per heavy atom. The van der Waals surface area contributed by atoms with Gasteiger partial charge in [0.15, 0.2) is 11.6 Å². The standard InChI is InChI=1S/C26H26F2N6O2/c1-5-21(35)16-10-9-15(2)17(13-16)22-18-14-30-26(36)34(23-19(27)7-6-8-20(23)28)24(18)32-25(31-22)29-11-12-33(3)4/h5-10,13H,1,11-12,14H2,2-4H3,(H,30,36)(H,29,31,32). The summed E-state index contributed by atoms with van der Waals surface area (Å²) in [6.45, 7) is 6.60. The second-order valence-electron chi connectivity index (χ2n) is 8.59. The zero-order valence-electron chi connectivity index (χ0n) is 20.2. The number of rotatable bonds is 8. The van der Waals surface area contributed by atoms with Crippen molar-refractivity contribution in [1.82, 2.24) is 20.2 Å². The van der Waals surface area contributed by atoms with E-state index in [0.29, 0.717) is 35.5 Å². The van der Waals surface area contributed by atoms with E-state index < -0.39 is 23.4 Å². The fourth-order valence-corrected chi connectivity index (χ4v) is 3.91. The molecule has 0 spiro atoms. The fraction of sp³-hybridized carbons (Fsp3) is 0.231. The SMILES string of the molecule is C=CC(=O)c1ccc(C)c(-c2nc(NCCN(C)C)nc3c2CNC(=O)N3c2c(F)cccc2F)c1. The van der Waals surface area contributed by atoms with Gasteiger partial charge in [-0.2, -0.15) is 4.98 Å². The smallest absolute Gasteiger partial charge is 0.328 e. The normalized spacial score (nSPS) is 12.8. The Kier molecular flexibility index (Phi) is 7.07. The highest BCUT2D eigenvalue weighted by molar-refractivity contribution is 6.05. The number of aryl methyl sites for hydroxylation is 1. The van der Waals surface area contributed by atoms with Gasteiger partial charge in [-0.25, -0.2) is 23.5 Å². The molecule has 2 N–H and O–H groups in total. The first-order chi connectivity index (χ1) is 17.2. The number of para-hydroxylation sites is 1. The van der Waals surface area contributed by atoms with Gasteiger partial charge in [-0.15, -0.1) is 0 Å². The summed E-state index contributed by atoms with van der Waals surface area (Å²) in [6, 6.07) is 7.82. The van der Waals surface area contributed by atoms with Crippen LogP contribution in [-0.4, -0.2) is 53.9 Å². The Morgan fingerprint density at radius 3 is 2.61 bits per heavy atom. The van der Waals surface area contributed by atoms with Crippen molar-refractivity contribution >= 4 is 29.3 Å². The first kappa shape index (κ1) is 24.9. The van der Waals surface area contributed by atoms with E-state index >= 15 is 0 Å². The molecule has 1 aromatic heterocycles. The molecular formula is C26H26F2N6O2. The lowest BCUT2D eigenvalue weighted by molar-refractivity contribution is 0.104. The number of carbonyl (C=O) groups is 2. The number of nitrogens with zero attached hydrogens (tertiary/aromatic N) is 4. The maximum atomic E-state index is 14.8. The molecular weight excluding hydrogens is 466 g/mol. The van der Waals surface area contributed by atoms with Gasteiger partial charge < -0.3 is 15.5 Å². The number of halogens is 2. The van der Waals surface area contributed by atoms with E-state index in [9.17, 15) is 18.4 Å². The molecule has 0 atom stereocenters. The van der Waals surface area contributed by atoms with Crippen LogP contribution in [0.2, 0.25) is 0 Å². The molecule has 8 nitrogen and oxygen atoms in total. The number of aromatic nitrogens is 2. The third kappa shape index (κ3) is 4.80. The van der Waals surface area contributed by atoms with E-state index in [1.165, 1.54) is 12.1 Å². The molecule has 0 unspecified atom stereocenters. The summed E-state index contributed by atoms with van der Waals surface area (Å²) in [5.41, 5.74) is 2.22. The van der Waals surface area contributed by atoms with Crippen LogP contribution >= 0.6 is 0 Å². The predicted molar refractivity (Wildman–Crippen MR) is 135 cm³/mol. The highest BCUT2D eigenvalue weighted by Crippen LogP contribution is 2.39. The minimum Gasteiger partial charge on any atom is -0.353 e. The lowest BCUT2D eigenvalue weighted by Gasteiger charge is -2.31. The van der Waals surface area contributed by atoms with Crippen LogP contribution in [0, 0.1) is 18.6 Å². The minimum atomic E-state index is -0.907. The summed E-state index contributed by atoms with van der Waals surface area (Å²) in [5.74, 6) is -1.83. The van der Waals surface area contributed by atoms with Gasteiger partial charge >= 0.3 is 6.03 Å². The number of carbonyl (C=O) groups excluding carboxylic acids is 2. The molecule has 10 heteroatoms. The van der Waals surface area contributed by atoms with Gasteiger partial charge in [0, 0.05) is 29.8 Å². The van der Waals surface area contributed by atoms with Crippen LogP contribution in [0.1, 0.15) is 21.5 Å². The summed E-state index contributed by atoms with van der Waals surface area (Å²) >= 11 is 0. The number of nitrogens with one attached hydrogen (secondary N) is 2. The zero-order chi connectivity index (χ0) is 26.0. The third-order valence-electron chi connectivity index (χ3n) is 5.78. The Labute approximate surface area is 207 Å². The van der Waals surface area contributed by atoms with Crippen LogP contribution in [0.4, 0.5) is 31.0 Å². The molecule has 1 aliphatic rings. The molecule has 0 saturated carbocycles. The highest BCUT2D eigenvalue weighted by atomic mass is 19.1. The number of allylic oxidation sites excluding steroid dienone is 1. The number of likely N-dealkylation sites (N-methyl/N-ethyl adjacent to an activating group) is 1.